The van der Waals surface area contributed by atoms with E-state index in [9.17, 15) is 13.6 Å². The van der Waals surface area contributed by atoms with Gasteiger partial charge in [-0.25, -0.2) is 4.79 Å². The van der Waals surface area contributed by atoms with Crippen LogP contribution in [0.5, 0.6) is 0 Å². The summed E-state index contributed by atoms with van der Waals surface area (Å²) in [5.74, 6) is -5.20. The van der Waals surface area contributed by atoms with Crippen molar-refractivity contribution in [2.45, 2.75) is 26.2 Å². The zero-order chi connectivity index (χ0) is 15.2. The molecule has 0 bridgehead atoms. The van der Waals surface area contributed by atoms with Crippen molar-refractivity contribution < 1.29 is 23.1 Å². The molecule has 0 atom stereocenters. The van der Waals surface area contributed by atoms with Gasteiger partial charge in [0.1, 0.15) is 7.11 Å². The van der Waals surface area contributed by atoms with Crippen LogP contribution < -0.4 is 0 Å². The summed E-state index contributed by atoms with van der Waals surface area (Å²) >= 11 is 0. The predicted molar refractivity (Wildman–Crippen MR) is 70.8 cm³/mol. The number of rotatable bonds is 6. The molecular formula is C14H17F2NO3. The fourth-order valence-electron chi connectivity index (χ4n) is 1.64. The first-order chi connectivity index (χ1) is 9.47. The Kier molecular flexibility index (Phi) is 5.61. The number of carbonyl (C=O) groups excluding carboxylic acids is 1. The molecule has 0 aliphatic carbocycles. The summed E-state index contributed by atoms with van der Waals surface area (Å²) in [4.78, 5) is 15.9. The van der Waals surface area contributed by atoms with Gasteiger partial charge in [0.05, 0.1) is 12.3 Å². The number of ether oxygens (including phenoxy) is 1. The highest BCUT2D eigenvalue weighted by atomic mass is 19.3. The standard InChI is InChI=1S/C14H17F2NO3/c1-4-12(17-19-3)10-6-8-11(9-7-10)14(15,16)13(18)20-5-2/h6-9H,4-5H2,1-3H3/b17-12+. The second-order valence-corrected chi connectivity index (χ2v) is 3.95. The molecule has 1 rings (SSSR count). The number of alkyl halides is 2. The molecule has 0 spiro atoms. The molecule has 0 N–H and O–H groups in total. The molecule has 0 radical (unpaired) electrons. The summed E-state index contributed by atoms with van der Waals surface area (Å²) in [6, 6.07) is 5.33. The number of oxime groups is 1. The van der Waals surface area contributed by atoms with E-state index >= 15 is 0 Å². The molecule has 0 amide bonds. The minimum absolute atomic E-state index is 0.0903. The molecule has 6 heteroatoms. The quantitative estimate of drug-likeness (QED) is 0.458. The third-order valence-electron chi connectivity index (χ3n) is 2.65. The molecule has 0 unspecified atom stereocenters. The Morgan fingerprint density at radius 1 is 1.25 bits per heavy atom. The summed E-state index contributed by atoms with van der Waals surface area (Å²) in [6.07, 6.45) is 0.599. The maximum Gasteiger partial charge on any atom is 0.381 e. The molecule has 1 aromatic rings. The van der Waals surface area contributed by atoms with Crippen LogP contribution in [0.2, 0.25) is 0 Å². The van der Waals surface area contributed by atoms with E-state index in [2.05, 4.69) is 14.7 Å². The van der Waals surface area contributed by atoms with Gasteiger partial charge in [-0.2, -0.15) is 8.78 Å². The van der Waals surface area contributed by atoms with Crippen LogP contribution in [-0.4, -0.2) is 25.4 Å². The SMILES string of the molecule is CCOC(=O)C(F)(F)c1ccc(/C(CC)=N/OC)cc1. The fraction of sp³-hybridized carbons (Fsp3) is 0.429. The molecule has 0 fully saturated rings. The van der Waals surface area contributed by atoms with Crippen LogP contribution in [-0.2, 0) is 20.3 Å². The smallest absolute Gasteiger partial charge is 0.381 e. The lowest BCUT2D eigenvalue weighted by Gasteiger charge is -2.15. The number of esters is 1. The van der Waals surface area contributed by atoms with Gasteiger partial charge in [-0.3, -0.25) is 0 Å². The third kappa shape index (κ3) is 3.53. The Hall–Kier alpha value is -1.98. The normalized spacial score (nSPS) is 12.2. The topological polar surface area (TPSA) is 47.9 Å². The number of halogens is 2. The maximum atomic E-state index is 13.8. The Labute approximate surface area is 116 Å². The first-order valence-corrected chi connectivity index (χ1v) is 6.23. The Bertz CT molecular complexity index is 484. The molecule has 0 aliphatic rings. The van der Waals surface area contributed by atoms with Crippen molar-refractivity contribution in [3.63, 3.8) is 0 Å². The molecular weight excluding hydrogens is 268 g/mol. The Balaban J connectivity index is 3.01. The summed E-state index contributed by atoms with van der Waals surface area (Å²) in [5, 5.41) is 3.81. The van der Waals surface area contributed by atoms with Crippen LogP contribution in [0.4, 0.5) is 8.78 Å². The van der Waals surface area contributed by atoms with Gasteiger partial charge < -0.3 is 9.57 Å². The largest absolute Gasteiger partial charge is 0.461 e. The van der Waals surface area contributed by atoms with Crippen molar-refractivity contribution in [3.05, 3.63) is 35.4 Å². The number of carbonyl (C=O) groups is 1. The van der Waals surface area contributed by atoms with Crippen LogP contribution in [0.25, 0.3) is 0 Å². The lowest BCUT2D eigenvalue weighted by Crippen LogP contribution is -2.28. The summed E-state index contributed by atoms with van der Waals surface area (Å²) < 4.78 is 31.9. The molecule has 0 saturated heterocycles. The van der Waals surface area contributed by atoms with E-state index in [-0.39, 0.29) is 6.61 Å². The van der Waals surface area contributed by atoms with Gasteiger partial charge in [-0.05, 0) is 18.9 Å². The van der Waals surface area contributed by atoms with Gasteiger partial charge >= 0.3 is 11.9 Å². The van der Waals surface area contributed by atoms with Gasteiger partial charge in [0, 0.05) is 5.56 Å². The van der Waals surface area contributed by atoms with E-state index in [0.29, 0.717) is 17.7 Å². The van der Waals surface area contributed by atoms with Crippen LogP contribution in [0.15, 0.2) is 29.4 Å². The number of hydrogen-bond acceptors (Lipinski definition) is 4. The van der Waals surface area contributed by atoms with E-state index in [1.807, 2.05) is 6.92 Å². The molecule has 20 heavy (non-hydrogen) atoms. The van der Waals surface area contributed by atoms with Crippen LogP contribution >= 0.6 is 0 Å². The minimum atomic E-state index is -3.65. The van der Waals surface area contributed by atoms with Crippen molar-refractivity contribution in [2.24, 2.45) is 5.16 Å². The molecule has 4 nitrogen and oxygen atoms in total. The van der Waals surface area contributed by atoms with Crippen molar-refractivity contribution in [2.75, 3.05) is 13.7 Å². The van der Waals surface area contributed by atoms with Crippen molar-refractivity contribution in [1.82, 2.24) is 0 Å². The van der Waals surface area contributed by atoms with E-state index in [4.69, 9.17) is 0 Å². The summed E-state index contributed by atoms with van der Waals surface area (Å²) in [5.41, 5.74) is 0.892. The van der Waals surface area contributed by atoms with E-state index in [0.717, 1.165) is 0 Å². The first kappa shape index (κ1) is 16.1. The molecule has 0 aliphatic heterocycles. The Morgan fingerprint density at radius 3 is 2.30 bits per heavy atom. The third-order valence-corrected chi connectivity index (χ3v) is 2.65. The molecule has 1 aromatic carbocycles. The van der Waals surface area contributed by atoms with Crippen LogP contribution in [0.1, 0.15) is 31.4 Å². The predicted octanol–water partition coefficient (Wildman–Crippen LogP) is 3.10. The highest BCUT2D eigenvalue weighted by molar-refractivity contribution is 6.00. The lowest BCUT2D eigenvalue weighted by atomic mass is 10.0. The van der Waals surface area contributed by atoms with Crippen LogP contribution in [0, 0.1) is 0 Å². The molecule has 0 heterocycles. The number of nitrogens with zero attached hydrogens (tertiary/aromatic N) is 1. The number of benzene rings is 1. The van der Waals surface area contributed by atoms with E-state index < -0.39 is 17.5 Å². The van der Waals surface area contributed by atoms with Crippen molar-refractivity contribution >= 4 is 11.7 Å². The highest BCUT2D eigenvalue weighted by Gasteiger charge is 2.42. The van der Waals surface area contributed by atoms with Crippen molar-refractivity contribution in [3.8, 4) is 0 Å². The average Bonchev–Trinajstić information content (AvgIpc) is 2.45. The van der Waals surface area contributed by atoms with Gasteiger partial charge in [-0.1, -0.05) is 36.3 Å². The van der Waals surface area contributed by atoms with Gasteiger partial charge in [0.15, 0.2) is 0 Å². The maximum absolute atomic E-state index is 13.8. The monoisotopic (exact) mass is 285 g/mol. The zero-order valence-electron chi connectivity index (χ0n) is 11.7. The first-order valence-electron chi connectivity index (χ1n) is 6.23. The van der Waals surface area contributed by atoms with Gasteiger partial charge in [0.2, 0.25) is 0 Å². The van der Waals surface area contributed by atoms with Gasteiger partial charge in [-0.15, -0.1) is 0 Å². The lowest BCUT2D eigenvalue weighted by molar-refractivity contribution is -0.173. The van der Waals surface area contributed by atoms with E-state index in [1.54, 1.807) is 0 Å². The Morgan fingerprint density at radius 2 is 1.85 bits per heavy atom. The summed E-state index contributed by atoms with van der Waals surface area (Å²) in [7, 11) is 1.42. The summed E-state index contributed by atoms with van der Waals surface area (Å²) in [6.45, 7) is 3.26. The molecule has 0 saturated carbocycles. The fourth-order valence-corrected chi connectivity index (χ4v) is 1.64. The number of hydrogen-bond donors (Lipinski definition) is 0. The zero-order valence-corrected chi connectivity index (χ0v) is 11.7. The molecule has 0 aromatic heterocycles. The second kappa shape index (κ2) is 6.98. The van der Waals surface area contributed by atoms with Crippen LogP contribution in [0.3, 0.4) is 0 Å². The minimum Gasteiger partial charge on any atom is -0.461 e. The van der Waals surface area contributed by atoms with E-state index in [1.165, 1.54) is 38.3 Å². The second-order valence-electron chi connectivity index (χ2n) is 3.95. The van der Waals surface area contributed by atoms with Gasteiger partial charge in [0.25, 0.3) is 0 Å². The molecule has 110 valence electrons. The van der Waals surface area contributed by atoms with Crippen molar-refractivity contribution in [1.29, 1.82) is 0 Å². The highest BCUT2D eigenvalue weighted by Crippen LogP contribution is 2.29. The average molecular weight is 285 g/mol.